The van der Waals surface area contributed by atoms with Crippen molar-refractivity contribution in [2.24, 2.45) is 0 Å². The van der Waals surface area contributed by atoms with Crippen LogP contribution in [0.5, 0.6) is 0 Å². The zero-order chi connectivity index (χ0) is 18.1. The summed E-state index contributed by atoms with van der Waals surface area (Å²) >= 11 is 0. The molecule has 1 amide bonds. The number of nitrogens with zero attached hydrogens (tertiary/aromatic N) is 3. The number of benzene rings is 1. The summed E-state index contributed by atoms with van der Waals surface area (Å²) < 4.78 is 7.58. The number of H-pyrrole nitrogens is 1. The van der Waals surface area contributed by atoms with Crippen molar-refractivity contribution in [2.45, 2.75) is 39.3 Å². The number of rotatable bonds is 5. The molecule has 1 aromatic carbocycles. The summed E-state index contributed by atoms with van der Waals surface area (Å²) in [5, 5.41) is 9.99. The molecule has 7 nitrogen and oxygen atoms in total. The second-order valence-electron chi connectivity index (χ2n) is 6.92. The minimum absolute atomic E-state index is 0.126. The molecule has 3 aromatic rings. The fourth-order valence-electron chi connectivity index (χ4n) is 3.28. The lowest BCUT2D eigenvalue weighted by Gasteiger charge is -2.09. The van der Waals surface area contributed by atoms with Crippen molar-refractivity contribution in [3.05, 3.63) is 47.0 Å². The number of aromatic amines is 1. The lowest BCUT2D eigenvalue weighted by atomic mass is 10.1. The van der Waals surface area contributed by atoms with Gasteiger partial charge in [0, 0.05) is 13.2 Å². The standard InChI is InChI=1S/C19H23N5O2/c1-12-6-16-18(7-13(12)2)24(11-21-16)10-14-8-17(23-22-14)19(25)20-9-15-4-3-5-26-15/h6-8,11,15H,3-5,9-10H2,1-2H3,(H,20,25)(H,22,23). The predicted octanol–water partition coefficient (Wildman–Crippen LogP) is 2.33. The van der Waals surface area contributed by atoms with Gasteiger partial charge in [0.2, 0.25) is 0 Å². The first-order valence-electron chi connectivity index (χ1n) is 8.96. The van der Waals surface area contributed by atoms with Gasteiger partial charge in [-0.15, -0.1) is 0 Å². The summed E-state index contributed by atoms with van der Waals surface area (Å²) in [5.74, 6) is -0.176. The highest BCUT2D eigenvalue weighted by atomic mass is 16.5. The quantitative estimate of drug-likeness (QED) is 0.737. The minimum Gasteiger partial charge on any atom is -0.376 e. The zero-order valence-corrected chi connectivity index (χ0v) is 15.1. The predicted molar refractivity (Wildman–Crippen MR) is 98.2 cm³/mol. The smallest absolute Gasteiger partial charge is 0.271 e. The van der Waals surface area contributed by atoms with E-state index in [2.05, 4.69) is 51.0 Å². The molecule has 136 valence electrons. The van der Waals surface area contributed by atoms with Crippen molar-refractivity contribution in [1.82, 2.24) is 25.1 Å². The van der Waals surface area contributed by atoms with E-state index in [-0.39, 0.29) is 12.0 Å². The average molecular weight is 353 g/mol. The van der Waals surface area contributed by atoms with Crippen LogP contribution in [-0.2, 0) is 11.3 Å². The van der Waals surface area contributed by atoms with Gasteiger partial charge in [-0.2, -0.15) is 5.10 Å². The molecule has 0 saturated carbocycles. The molecule has 2 aromatic heterocycles. The Morgan fingerprint density at radius 3 is 3.00 bits per heavy atom. The number of carbonyl (C=O) groups is 1. The van der Waals surface area contributed by atoms with Gasteiger partial charge >= 0.3 is 0 Å². The number of carbonyl (C=O) groups excluding carboxylic acids is 1. The lowest BCUT2D eigenvalue weighted by molar-refractivity contribution is 0.0853. The number of nitrogens with one attached hydrogen (secondary N) is 2. The Bertz CT molecular complexity index is 937. The molecule has 7 heteroatoms. The van der Waals surface area contributed by atoms with E-state index in [0.29, 0.717) is 18.8 Å². The number of amides is 1. The van der Waals surface area contributed by atoms with Gasteiger partial charge in [0.05, 0.1) is 35.7 Å². The van der Waals surface area contributed by atoms with Gasteiger partial charge in [-0.3, -0.25) is 9.89 Å². The Hall–Kier alpha value is -2.67. The van der Waals surface area contributed by atoms with Crippen LogP contribution in [-0.4, -0.2) is 44.9 Å². The van der Waals surface area contributed by atoms with Gasteiger partial charge in [0.15, 0.2) is 0 Å². The molecule has 1 saturated heterocycles. The van der Waals surface area contributed by atoms with Crippen molar-refractivity contribution in [1.29, 1.82) is 0 Å². The third-order valence-electron chi connectivity index (χ3n) is 4.96. The van der Waals surface area contributed by atoms with Gasteiger partial charge in [-0.25, -0.2) is 4.98 Å². The van der Waals surface area contributed by atoms with Crippen LogP contribution in [0.3, 0.4) is 0 Å². The van der Waals surface area contributed by atoms with Crippen molar-refractivity contribution < 1.29 is 9.53 Å². The fourth-order valence-corrected chi connectivity index (χ4v) is 3.28. The highest BCUT2D eigenvalue weighted by Gasteiger charge is 2.18. The highest BCUT2D eigenvalue weighted by molar-refractivity contribution is 5.92. The van der Waals surface area contributed by atoms with Crippen LogP contribution in [0.4, 0.5) is 0 Å². The van der Waals surface area contributed by atoms with E-state index in [1.165, 1.54) is 11.1 Å². The molecule has 3 heterocycles. The maximum atomic E-state index is 12.2. The summed E-state index contributed by atoms with van der Waals surface area (Å²) in [4.78, 5) is 16.7. The molecule has 2 N–H and O–H groups in total. The zero-order valence-electron chi connectivity index (χ0n) is 15.1. The van der Waals surface area contributed by atoms with Crippen molar-refractivity contribution in [3.8, 4) is 0 Å². The molecular formula is C19H23N5O2. The van der Waals surface area contributed by atoms with Crippen LogP contribution in [0.25, 0.3) is 11.0 Å². The number of hydrogen-bond donors (Lipinski definition) is 2. The number of aryl methyl sites for hydroxylation is 2. The first kappa shape index (κ1) is 16.8. The molecule has 1 aliphatic heterocycles. The van der Waals surface area contributed by atoms with Gasteiger partial charge in [-0.05, 0) is 56.0 Å². The fraction of sp³-hybridized carbons (Fsp3) is 0.421. The van der Waals surface area contributed by atoms with Crippen LogP contribution in [0.2, 0.25) is 0 Å². The molecule has 26 heavy (non-hydrogen) atoms. The molecular weight excluding hydrogens is 330 g/mol. The SMILES string of the molecule is Cc1cc2ncn(Cc3cc(C(=O)NCC4CCCO4)n[nH]3)c2cc1C. The number of fused-ring (bicyclic) bond motifs is 1. The Labute approximate surface area is 151 Å². The van der Waals surface area contributed by atoms with Crippen LogP contribution in [0, 0.1) is 13.8 Å². The maximum absolute atomic E-state index is 12.2. The van der Waals surface area contributed by atoms with E-state index < -0.39 is 0 Å². The molecule has 4 rings (SSSR count). The Morgan fingerprint density at radius 2 is 2.19 bits per heavy atom. The van der Waals surface area contributed by atoms with Crippen molar-refractivity contribution >= 4 is 16.9 Å². The van der Waals surface area contributed by atoms with Gasteiger partial charge < -0.3 is 14.6 Å². The third kappa shape index (κ3) is 3.35. The number of aromatic nitrogens is 4. The topological polar surface area (TPSA) is 84.8 Å². The summed E-state index contributed by atoms with van der Waals surface area (Å²) in [6.45, 7) is 6.09. The monoisotopic (exact) mass is 353 g/mol. The molecule has 0 spiro atoms. The first-order valence-corrected chi connectivity index (χ1v) is 8.96. The molecule has 1 unspecified atom stereocenters. The van der Waals surface area contributed by atoms with Crippen LogP contribution < -0.4 is 5.32 Å². The van der Waals surface area contributed by atoms with E-state index in [0.717, 1.165) is 36.2 Å². The first-order chi connectivity index (χ1) is 12.6. The molecule has 0 radical (unpaired) electrons. The third-order valence-corrected chi connectivity index (χ3v) is 4.96. The average Bonchev–Trinajstić information content (AvgIpc) is 3.36. The summed E-state index contributed by atoms with van der Waals surface area (Å²) in [6, 6.07) is 6.03. The number of hydrogen-bond acceptors (Lipinski definition) is 4. The summed E-state index contributed by atoms with van der Waals surface area (Å²) in [6.07, 6.45) is 4.01. The second-order valence-corrected chi connectivity index (χ2v) is 6.92. The van der Waals surface area contributed by atoms with Crippen LogP contribution in [0.15, 0.2) is 24.5 Å². The van der Waals surface area contributed by atoms with E-state index in [1.807, 2.05) is 6.33 Å². The summed E-state index contributed by atoms with van der Waals surface area (Å²) in [7, 11) is 0. The summed E-state index contributed by atoms with van der Waals surface area (Å²) in [5.41, 5.74) is 5.78. The van der Waals surface area contributed by atoms with E-state index >= 15 is 0 Å². The largest absolute Gasteiger partial charge is 0.376 e. The van der Waals surface area contributed by atoms with E-state index in [9.17, 15) is 4.79 Å². The number of ether oxygens (including phenoxy) is 1. The van der Waals surface area contributed by atoms with E-state index in [4.69, 9.17) is 4.74 Å². The van der Waals surface area contributed by atoms with Gasteiger partial charge in [0.25, 0.3) is 5.91 Å². The van der Waals surface area contributed by atoms with Gasteiger partial charge in [-0.1, -0.05) is 0 Å². The molecule has 1 fully saturated rings. The Morgan fingerprint density at radius 1 is 1.35 bits per heavy atom. The molecule has 0 aliphatic carbocycles. The lowest BCUT2D eigenvalue weighted by Crippen LogP contribution is -2.31. The Kier molecular flexibility index (Phi) is 4.46. The molecule has 1 aliphatic rings. The van der Waals surface area contributed by atoms with Crippen molar-refractivity contribution in [2.75, 3.05) is 13.2 Å². The maximum Gasteiger partial charge on any atom is 0.271 e. The normalized spacial score (nSPS) is 17.1. The molecule has 1 atom stereocenters. The minimum atomic E-state index is -0.176. The van der Waals surface area contributed by atoms with Crippen molar-refractivity contribution in [3.63, 3.8) is 0 Å². The van der Waals surface area contributed by atoms with Gasteiger partial charge in [0.1, 0.15) is 5.69 Å². The number of imidazole rings is 1. The Balaban J connectivity index is 1.45. The second kappa shape index (κ2) is 6.92. The van der Waals surface area contributed by atoms with Crippen LogP contribution in [0.1, 0.15) is 40.2 Å². The van der Waals surface area contributed by atoms with E-state index in [1.54, 1.807) is 6.07 Å². The van der Waals surface area contributed by atoms with Crippen LogP contribution >= 0.6 is 0 Å². The molecule has 0 bridgehead atoms. The highest BCUT2D eigenvalue weighted by Crippen LogP contribution is 2.19.